The average Bonchev–Trinajstić information content (AvgIpc) is 3.34. The molecule has 20 heteroatoms. The van der Waals surface area contributed by atoms with Crippen LogP contribution >= 0.6 is 11.6 Å². The van der Waals surface area contributed by atoms with Gasteiger partial charge in [-0.1, -0.05) is 48.0 Å². The van der Waals surface area contributed by atoms with Crippen molar-refractivity contribution in [1.29, 1.82) is 0 Å². The largest absolute Gasteiger partial charge is 0.507 e. The standard InChI is InChI=1S/C56H70ClN7O12/c1-32(34(3)65)60-50(69)44-30-35-14-24-45(66)41(29-35)42-31-39(21-25-46(42)74-28-27-59-54(73)76-56(7,8)9)47(51(70)61-33(2)48(67)63-44)64(10)52(71)43(13-11-12-26-58-53(72)75-55(4,5)6)62-49(68)38-17-15-36(16-18-38)37-19-22-40(57)23-20-37/h14-25,29,31-33,43-44,47,66H,11-13,26-28,30H2,1-10H3,(H,58,72)(H,59,73)(H,60,69)(H,61,70)(H,62,68)(H,63,67)/t32-,33-,43-,44-,47-/m0/s1. The Kier molecular flexibility index (Phi) is 20.4. The fourth-order valence-corrected chi connectivity index (χ4v) is 8.11. The number of Topliss-reactive ketones (excluding diaryl/α,β-unsaturated/α-hetero) is 1. The number of hydrogen-bond donors (Lipinski definition) is 7. The molecule has 7 N–H and O–H groups in total. The molecule has 4 aromatic rings. The zero-order valence-electron chi connectivity index (χ0n) is 44.7. The van der Waals surface area contributed by atoms with Crippen LogP contribution in [0.15, 0.2) is 84.9 Å². The highest BCUT2D eigenvalue weighted by Crippen LogP contribution is 2.40. The van der Waals surface area contributed by atoms with E-state index in [0.717, 1.165) is 16.0 Å². The van der Waals surface area contributed by atoms with Crippen molar-refractivity contribution in [1.82, 2.24) is 36.8 Å². The second-order valence-electron chi connectivity index (χ2n) is 20.6. The van der Waals surface area contributed by atoms with Gasteiger partial charge in [0.15, 0.2) is 5.78 Å². The van der Waals surface area contributed by atoms with E-state index >= 15 is 4.79 Å². The Morgan fingerprint density at radius 1 is 0.763 bits per heavy atom. The number of amides is 7. The number of phenols is 1. The minimum Gasteiger partial charge on any atom is -0.507 e. The lowest BCUT2D eigenvalue weighted by Gasteiger charge is -2.33. The molecule has 408 valence electrons. The molecule has 19 nitrogen and oxygen atoms in total. The van der Waals surface area contributed by atoms with E-state index in [2.05, 4.69) is 31.9 Å². The molecular formula is C56H70ClN7O12. The maximum absolute atomic E-state index is 15.1. The maximum Gasteiger partial charge on any atom is 0.407 e. The Morgan fingerprint density at radius 2 is 1.37 bits per heavy atom. The molecule has 0 saturated heterocycles. The number of fused-ring (bicyclic) bond motifs is 5. The van der Waals surface area contributed by atoms with Crippen LogP contribution < -0.4 is 36.6 Å². The second kappa shape index (κ2) is 26.2. The van der Waals surface area contributed by atoms with E-state index in [1.807, 2.05) is 12.1 Å². The Balaban J connectivity index is 1.55. The number of unbranched alkanes of at least 4 members (excludes halogenated alkanes) is 1. The molecule has 4 aromatic carbocycles. The van der Waals surface area contributed by atoms with Gasteiger partial charge in [-0.25, -0.2) is 9.59 Å². The first kappa shape index (κ1) is 59.2. The lowest BCUT2D eigenvalue weighted by Crippen LogP contribution is -2.56. The maximum atomic E-state index is 15.1. The molecule has 0 aliphatic carbocycles. The van der Waals surface area contributed by atoms with E-state index in [9.17, 15) is 38.7 Å². The van der Waals surface area contributed by atoms with Gasteiger partial charge < -0.3 is 56.1 Å². The van der Waals surface area contributed by atoms with Gasteiger partial charge in [-0.05, 0) is 152 Å². The zero-order valence-corrected chi connectivity index (χ0v) is 45.4. The van der Waals surface area contributed by atoms with Crippen molar-refractivity contribution in [3.63, 3.8) is 0 Å². The number of nitrogens with zero attached hydrogens (tertiary/aromatic N) is 1. The van der Waals surface area contributed by atoms with E-state index in [1.54, 1.807) is 102 Å². The minimum atomic E-state index is -1.51. The number of likely N-dealkylation sites (N-methyl/N-ethyl adjacent to an activating group) is 1. The molecule has 76 heavy (non-hydrogen) atoms. The molecule has 1 heterocycles. The first-order valence-corrected chi connectivity index (χ1v) is 25.4. The predicted molar refractivity (Wildman–Crippen MR) is 287 cm³/mol. The third-order valence-electron chi connectivity index (χ3n) is 12.0. The Bertz CT molecular complexity index is 2760. The highest BCUT2D eigenvalue weighted by atomic mass is 35.5. The highest BCUT2D eigenvalue weighted by molar-refractivity contribution is 6.30. The predicted octanol–water partition coefficient (Wildman–Crippen LogP) is 6.92. The van der Waals surface area contributed by atoms with Gasteiger partial charge in [-0.2, -0.15) is 0 Å². The number of ketones is 1. The molecule has 0 aromatic heterocycles. The van der Waals surface area contributed by atoms with Crippen LogP contribution in [-0.2, 0) is 39.9 Å². The van der Waals surface area contributed by atoms with Crippen molar-refractivity contribution < 1.29 is 57.7 Å². The van der Waals surface area contributed by atoms with Crippen molar-refractivity contribution in [2.24, 2.45) is 0 Å². The van der Waals surface area contributed by atoms with Crippen molar-refractivity contribution in [2.75, 3.05) is 26.7 Å². The summed E-state index contributed by atoms with van der Waals surface area (Å²) in [4.78, 5) is 110. The fourth-order valence-electron chi connectivity index (χ4n) is 7.98. The third kappa shape index (κ3) is 17.5. The van der Waals surface area contributed by atoms with Gasteiger partial charge in [0, 0.05) is 41.7 Å². The number of phenolic OH excluding ortho intramolecular Hbond substituents is 1. The molecule has 0 radical (unpaired) electrons. The summed E-state index contributed by atoms with van der Waals surface area (Å²) in [6.07, 6.45) is -0.643. The molecule has 0 spiro atoms. The molecule has 4 bridgehead atoms. The summed E-state index contributed by atoms with van der Waals surface area (Å²) in [6.45, 7) is 14.7. The van der Waals surface area contributed by atoms with Crippen LogP contribution in [0, 0.1) is 0 Å². The number of alkyl carbamates (subject to hydrolysis) is 2. The van der Waals surface area contributed by atoms with Crippen LogP contribution in [0.4, 0.5) is 9.59 Å². The SMILES string of the molecule is CC(=O)[C@H](C)NC(=O)[C@@H]1Cc2ccc(O)c(c2)-c2cc(ccc2OCCNC(=O)OC(C)(C)C)[C@H](N(C)C(=O)[C@H](CCCCNC(=O)OC(C)(C)C)NC(=O)c2ccc(-c3ccc(Cl)cc3)cc2)C(=O)N[C@@H](C)C(=O)N1. The topological polar surface area (TPSA) is 260 Å². The number of carbonyl (C=O) groups excluding carboxylic acids is 8. The monoisotopic (exact) mass is 1070 g/mol. The first-order chi connectivity index (χ1) is 35.7. The van der Waals surface area contributed by atoms with Crippen molar-refractivity contribution >= 4 is 59.1 Å². The number of hydrogen-bond acceptors (Lipinski definition) is 12. The molecular weight excluding hydrogens is 998 g/mol. The number of aromatic hydroxyl groups is 1. The van der Waals surface area contributed by atoms with Gasteiger partial charge in [-0.15, -0.1) is 0 Å². The lowest BCUT2D eigenvalue weighted by molar-refractivity contribution is -0.141. The first-order valence-electron chi connectivity index (χ1n) is 25.1. The summed E-state index contributed by atoms with van der Waals surface area (Å²) in [7, 11) is 1.38. The van der Waals surface area contributed by atoms with Gasteiger partial charge in [0.1, 0.15) is 53.5 Å². The highest BCUT2D eigenvalue weighted by Gasteiger charge is 2.36. The van der Waals surface area contributed by atoms with Crippen LogP contribution in [0.3, 0.4) is 0 Å². The number of halogens is 1. The van der Waals surface area contributed by atoms with Crippen molar-refractivity contribution in [2.45, 2.75) is 129 Å². The molecule has 0 saturated carbocycles. The van der Waals surface area contributed by atoms with E-state index in [1.165, 1.54) is 40.0 Å². The minimum absolute atomic E-state index is 0.00806. The molecule has 1 aliphatic heterocycles. The van der Waals surface area contributed by atoms with Gasteiger partial charge in [0.05, 0.1) is 12.6 Å². The molecule has 5 atom stereocenters. The number of ether oxygens (including phenoxy) is 3. The number of rotatable bonds is 17. The lowest BCUT2D eigenvalue weighted by atomic mass is 9.93. The van der Waals surface area contributed by atoms with E-state index in [4.69, 9.17) is 25.8 Å². The fraction of sp³-hybridized carbons (Fsp3) is 0.429. The van der Waals surface area contributed by atoms with Crippen LogP contribution in [0.25, 0.3) is 22.3 Å². The third-order valence-corrected chi connectivity index (χ3v) is 12.2. The zero-order chi connectivity index (χ0) is 56.1. The normalized spacial score (nSPS) is 16.5. The summed E-state index contributed by atoms with van der Waals surface area (Å²) in [5.74, 6) is -3.92. The van der Waals surface area contributed by atoms with Gasteiger partial charge in [0.2, 0.25) is 23.6 Å². The van der Waals surface area contributed by atoms with Crippen molar-refractivity contribution in [3.05, 3.63) is 107 Å². The van der Waals surface area contributed by atoms with Gasteiger partial charge in [0.25, 0.3) is 5.91 Å². The Morgan fingerprint density at radius 3 is 1.97 bits per heavy atom. The number of benzene rings is 4. The quantitative estimate of drug-likeness (QED) is 0.0532. The molecule has 5 rings (SSSR count). The summed E-state index contributed by atoms with van der Waals surface area (Å²) in [5, 5.41) is 28.3. The summed E-state index contributed by atoms with van der Waals surface area (Å²) >= 11 is 6.10. The summed E-state index contributed by atoms with van der Waals surface area (Å²) in [6, 6.07) is 16.9. The van der Waals surface area contributed by atoms with E-state index < -0.39 is 83.1 Å². The smallest absolute Gasteiger partial charge is 0.407 e. The summed E-state index contributed by atoms with van der Waals surface area (Å²) in [5.41, 5.74) is 1.56. The molecule has 1 aliphatic rings. The molecule has 7 amide bonds. The second-order valence-corrected chi connectivity index (χ2v) is 21.0. The molecule has 0 fully saturated rings. The van der Waals surface area contributed by atoms with Gasteiger partial charge >= 0.3 is 12.2 Å². The summed E-state index contributed by atoms with van der Waals surface area (Å²) < 4.78 is 16.9. The molecule has 0 unspecified atom stereocenters. The van der Waals surface area contributed by atoms with Crippen LogP contribution in [0.5, 0.6) is 11.5 Å². The Labute approximate surface area is 448 Å². The van der Waals surface area contributed by atoms with Crippen molar-refractivity contribution in [3.8, 4) is 33.8 Å². The van der Waals surface area contributed by atoms with E-state index in [-0.39, 0.29) is 72.1 Å². The Hall–Kier alpha value is -7.67. The number of carbonyl (C=O) groups is 8. The van der Waals surface area contributed by atoms with E-state index in [0.29, 0.717) is 23.4 Å². The van der Waals surface area contributed by atoms with Crippen LogP contribution in [0.2, 0.25) is 5.02 Å². The van der Waals surface area contributed by atoms with Gasteiger partial charge in [-0.3, -0.25) is 28.8 Å². The van der Waals surface area contributed by atoms with Crippen LogP contribution in [-0.4, -0.2) is 120 Å². The number of nitrogens with one attached hydrogen (secondary N) is 6. The van der Waals surface area contributed by atoms with Crippen LogP contribution in [0.1, 0.15) is 109 Å². The average molecular weight is 1070 g/mol.